The molecule has 1 N–H and O–H groups in total. The Balaban J connectivity index is 2.54. The SMILES string of the molecule is Fc1c(F)c(F)c(Nc2ncc(Cl)cc2Br)c(F)c1F. The Bertz CT molecular complexity index is 666. The van der Waals surface area contributed by atoms with Gasteiger partial charge in [-0.15, -0.1) is 0 Å². The average molecular weight is 374 g/mol. The van der Waals surface area contributed by atoms with Crippen LogP contribution < -0.4 is 5.32 Å². The van der Waals surface area contributed by atoms with Crippen LogP contribution in [0, 0.1) is 29.1 Å². The molecule has 20 heavy (non-hydrogen) atoms. The smallest absolute Gasteiger partial charge is 0.200 e. The predicted molar refractivity (Wildman–Crippen MR) is 66.5 cm³/mol. The Kier molecular flexibility index (Phi) is 4.14. The average Bonchev–Trinajstić information content (AvgIpc) is 2.41. The van der Waals surface area contributed by atoms with Crippen molar-refractivity contribution in [3.05, 3.63) is 50.8 Å². The Morgan fingerprint density at radius 3 is 1.95 bits per heavy atom. The fraction of sp³-hybridized carbons (Fsp3) is 0. The second kappa shape index (κ2) is 5.53. The Hall–Kier alpha value is -1.41. The molecule has 0 spiro atoms. The molecule has 2 nitrogen and oxygen atoms in total. The molecule has 0 aliphatic carbocycles. The number of hydrogen-bond acceptors (Lipinski definition) is 2. The lowest BCUT2D eigenvalue weighted by Gasteiger charge is -2.11. The van der Waals surface area contributed by atoms with Gasteiger partial charge in [0, 0.05) is 6.20 Å². The van der Waals surface area contributed by atoms with Crippen LogP contribution in [-0.4, -0.2) is 4.98 Å². The lowest BCUT2D eigenvalue weighted by molar-refractivity contribution is 0.382. The van der Waals surface area contributed by atoms with E-state index < -0.39 is 34.8 Å². The Morgan fingerprint density at radius 1 is 0.950 bits per heavy atom. The standard InChI is InChI=1S/C11H3BrClF5N2/c12-4-1-3(13)2-19-11(4)20-10-8(17)6(15)5(14)7(16)9(10)18/h1-2H,(H,19,20). The van der Waals surface area contributed by atoms with Gasteiger partial charge in [-0.25, -0.2) is 26.9 Å². The van der Waals surface area contributed by atoms with E-state index >= 15 is 0 Å². The van der Waals surface area contributed by atoms with Crippen LogP contribution in [0.5, 0.6) is 0 Å². The molecule has 106 valence electrons. The monoisotopic (exact) mass is 372 g/mol. The van der Waals surface area contributed by atoms with Crippen molar-refractivity contribution >= 4 is 39.0 Å². The molecule has 0 aliphatic rings. The van der Waals surface area contributed by atoms with Gasteiger partial charge in [0.2, 0.25) is 5.82 Å². The van der Waals surface area contributed by atoms with Gasteiger partial charge in [-0.3, -0.25) is 0 Å². The van der Waals surface area contributed by atoms with Crippen molar-refractivity contribution in [2.24, 2.45) is 0 Å². The van der Waals surface area contributed by atoms with E-state index in [2.05, 4.69) is 20.9 Å². The molecular formula is C11H3BrClF5N2. The van der Waals surface area contributed by atoms with Crippen molar-refractivity contribution in [1.29, 1.82) is 0 Å². The van der Waals surface area contributed by atoms with E-state index in [1.807, 2.05) is 5.32 Å². The number of rotatable bonds is 2. The van der Waals surface area contributed by atoms with Crippen molar-refractivity contribution < 1.29 is 22.0 Å². The van der Waals surface area contributed by atoms with Crippen molar-refractivity contribution in [1.82, 2.24) is 4.98 Å². The molecule has 1 aromatic heterocycles. The van der Waals surface area contributed by atoms with Crippen LogP contribution in [0.4, 0.5) is 33.5 Å². The molecule has 0 amide bonds. The van der Waals surface area contributed by atoms with Gasteiger partial charge in [-0.1, -0.05) is 11.6 Å². The van der Waals surface area contributed by atoms with Gasteiger partial charge in [0.05, 0.1) is 9.50 Å². The third-order valence-corrected chi connectivity index (χ3v) is 3.07. The number of nitrogens with one attached hydrogen (secondary N) is 1. The second-order valence-electron chi connectivity index (χ2n) is 3.55. The summed E-state index contributed by atoms with van der Waals surface area (Å²) >= 11 is 8.60. The first-order chi connectivity index (χ1) is 9.32. The quantitative estimate of drug-likeness (QED) is 0.458. The molecule has 1 heterocycles. The van der Waals surface area contributed by atoms with Crippen LogP contribution in [0.3, 0.4) is 0 Å². The highest BCUT2D eigenvalue weighted by atomic mass is 79.9. The van der Waals surface area contributed by atoms with E-state index in [4.69, 9.17) is 11.6 Å². The highest BCUT2D eigenvalue weighted by Crippen LogP contribution is 2.32. The zero-order chi connectivity index (χ0) is 15.0. The highest BCUT2D eigenvalue weighted by Gasteiger charge is 2.26. The van der Waals surface area contributed by atoms with Gasteiger partial charge in [0.1, 0.15) is 11.5 Å². The first-order valence-corrected chi connectivity index (χ1v) is 6.09. The Labute approximate surface area is 122 Å². The van der Waals surface area contributed by atoms with Crippen molar-refractivity contribution in [2.75, 3.05) is 5.32 Å². The van der Waals surface area contributed by atoms with Crippen LogP contribution >= 0.6 is 27.5 Å². The molecule has 1 aromatic carbocycles. The van der Waals surface area contributed by atoms with E-state index in [1.165, 1.54) is 6.07 Å². The summed E-state index contributed by atoms with van der Waals surface area (Å²) in [5.41, 5.74) is -1.20. The van der Waals surface area contributed by atoms with Gasteiger partial charge >= 0.3 is 0 Å². The summed E-state index contributed by atoms with van der Waals surface area (Å²) in [6.07, 6.45) is 1.14. The van der Waals surface area contributed by atoms with E-state index in [-0.39, 0.29) is 15.3 Å². The summed E-state index contributed by atoms with van der Waals surface area (Å²) in [4.78, 5) is 3.68. The van der Waals surface area contributed by atoms with E-state index in [1.54, 1.807) is 0 Å². The number of benzene rings is 1. The van der Waals surface area contributed by atoms with Gasteiger partial charge in [-0.2, -0.15) is 0 Å². The number of aromatic nitrogens is 1. The number of hydrogen-bond donors (Lipinski definition) is 1. The summed E-state index contributed by atoms with van der Waals surface area (Å²) in [6, 6.07) is 1.34. The largest absolute Gasteiger partial charge is 0.334 e. The molecule has 0 bridgehead atoms. The number of nitrogens with zero attached hydrogens (tertiary/aromatic N) is 1. The summed E-state index contributed by atoms with van der Waals surface area (Å²) in [7, 11) is 0. The third kappa shape index (κ3) is 2.57. The minimum atomic E-state index is -2.23. The van der Waals surface area contributed by atoms with E-state index in [0.717, 1.165) is 6.20 Å². The minimum absolute atomic E-state index is 0.155. The molecule has 0 fully saturated rings. The molecule has 0 saturated carbocycles. The Morgan fingerprint density at radius 2 is 1.45 bits per heavy atom. The molecule has 0 aliphatic heterocycles. The molecule has 0 atom stereocenters. The molecule has 0 unspecified atom stereocenters. The van der Waals surface area contributed by atoms with Crippen LogP contribution in [-0.2, 0) is 0 Å². The van der Waals surface area contributed by atoms with Gasteiger partial charge in [-0.05, 0) is 22.0 Å². The first-order valence-electron chi connectivity index (χ1n) is 4.92. The fourth-order valence-corrected chi connectivity index (χ4v) is 2.08. The second-order valence-corrected chi connectivity index (χ2v) is 4.84. The summed E-state index contributed by atoms with van der Waals surface area (Å²) in [5, 5.41) is 2.25. The lowest BCUT2D eigenvalue weighted by atomic mass is 10.2. The molecule has 2 aromatic rings. The zero-order valence-electron chi connectivity index (χ0n) is 9.25. The number of halogens is 7. The lowest BCUT2D eigenvalue weighted by Crippen LogP contribution is -2.07. The molecule has 0 radical (unpaired) electrons. The van der Waals surface area contributed by atoms with Crippen LogP contribution in [0.15, 0.2) is 16.7 Å². The van der Waals surface area contributed by atoms with E-state index in [0.29, 0.717) is 0 Å². The normalized spacial score (nSPS) is 10.8. The fourth-order valence-electron chi connectivity index (χ4n) is 1.34. The van der Waals surface area contributed by atoms with Crippen molar-refractivity contribution in [2.45, 2.75) is 0 Å². The van der Waals surface area contributed by atoms with Crippen LogP contribution in [0.1, 0.15) is 0 Å². The van der Waals surface area contributed by atoms with Crippen molar-refractivity contribution in [3.63, 3.8) is 0 Å². The zero-order valence-corrected chi connectivity index (χ0v) is 11.6. The third-order valence-electron chi connectivity index (χ3n) is 2.26. The van der Waals surface area contributed by atoms with Crippen LogP contribution in [0.2, 0.25) is 5.02 Å². The van der Waals surface area contributed by atoms with Gasteiger partial charge in [0.25, 0.3) is 0 Å². The number of anilines is 2. The summed E-state index contributed by atoms with van der Waals surface area (Å²) in [5.74, 6) is -10.4. The summed E-state index contributed by atoms with van der Waals surface area (Å²) < 4.78 is 66.0. The maximum Gasteiger partial charge on any atom is 0.200 e. The molecular weight excluding hydrogens is 370 g/mol. The topological polar surface area (TPSA) is 24.9 Å². The number of pyridine rings is 1. The van der Waals surface area contributed by atoms with Gasteiger partial charge in [0.15, 0.2) is 23.3 Å². The predicted octanol–water partition coefficient (Wildman–Crippen LogP) is 4.94. The summed E-state index contributed by atoms with van der Waals surface area (Å²) in [6.45, 7) is 0. The minimum Gasteiger partial charge on any atom is -0.334 e. The first kappa shape index (κ1) is 15.0. The van der Waals surface area contributed by atoms with Crippen LogP contribution in [0.25, 0.3) is 0 Å². The molecule has 9 heteroatoms. The van der Waals surface area contributed by atoms with Gasteiger partial charge < -0.3 is 5.32 Å². The highest BCUT2D eigenvalue weighted by molar-refractivity contribution is 9.10. The van der Waals surface area contributed by atoms with Crippen molar-refractivity contribution in [3.8, 4) is 0 Å². The maximum atomic E-state index is 13.4. The molecule has 2 rings (SSSR count). The van der Waals surface area contributed by atoms with E-state index in [9.17, 15) is 22.0 Å². The maximum absolute atomic E-state index is 13.4. The molecule has 0 saturated heterocycles.